The third-order valence-corrected chi connectivity index (χ3v) is 6.48. The van der Waals surface area contributed by atoms with E-state index in [1.165, 1.54) is 12.3 Å². The van der Waals surface area contributed by atoms with Crippen molar-refractivity contribution in [2.24, 2.45) is 5.10 Å². The molecule has 0 radical (unpaired) electrons. The van der Waals surface area contributed by atoms with Crippen LogP contribution in [0.2, 0.25) is 0 Å². The van der Waals surface area contributed by atoms with E-state index in [1.54, 1.807) is 71.5 Å². The van der Waals surface area contributed by atoms with Crippen LogP contribution in [0.4, 0.5) is 13.2 Å². The molecule has 5 aromatic rings. The largest absolute Gasteiger partial charge is 0.416 e. The third-order valence-electron chi connectivity index (χ3n) is 6.48. The van der Waals surface area contributed by atoms with Crippen LogP contribution in [0.5, 0.6) is 0 Å². The first-order valence-electron chi connectivity index (χ1n) is 11.8. The van der Waals surface area contributed by atoms with Gasteiger partial charge in [0.15, 0.2) is 5.43 Å². The van der Waals surface area contributed by atoms with E-state index in [0.29, 0.717) is 38.8 Å². The first-order valence-corrected chi connectivity index (χ1v) is 11.8. The van der Waals surface area contributed by atoms with Crippen LogP contribution in [0.15, 0.2) is 88.8 Å². The molecule has 2 aromatic heterocycles. The maximum atomic E-state index is 13.2. The quantitative estimate of drug-likeness (QED) is 0.184. The van der Waals surface area contributed by atoms with Crippen molar-refractivity contribution in [3.05, 3.63) is 112 Å². The van der Waals surface area contributed by atoms with Gasteiger partial charge in [-0.05, 0) is 62.4 Å². The summed E-state index contributed by atoms with van der Waals surface area (Å²) in [6.07, 6.45) is -2.98. The maximum absolute atomic E-state index is 13.2. The molecule has 0 atom stereocenters. The van der Waals surface area contributed by atoms with Gasteiger partial charge >= 0.3 is 6.18 Å². The minimum Gasteiger partial charge on any atom is -0.331 e. The second-order valence-corrected chi connectivity index (χ2v) is 8.95. The summed E-state index contributed by atoms with van der Waals surface area (Å²) < 4.78 is 43.1. The summed E-state index contributed by atoms with van der Waals surface area (Å²) in [4.78, 5) is 25.7. The topological polar surface area (TPSA) is 68.4 Å². The fraction of sp³-hybridized carbons (Fsp3) is 0.138. The summed E-state index contributed by atoms with van der Waals surface area (Å²) in [6, 6.07) is 21.1. The number of carbonyl (C=O) groups is 1. The summed E-state index contributed by atoms with van der Waals surface area (Å²) in [5, 5.41) is 5.12. The molecule has 0 spiro atoms. The number of benzene rings is 3. The lowest BCUT2D eigenvalue weighted by Crippen LogP contribution is -2.25. The number of amides is 1. The van der Waals surface area contributed by atoms with Crippen LogP contribution >= 0.6 is 0 Å². The number of pyridine rings is 1. The van der Waals surface area contributed by atoms with Crippen molar-refractivity contribution in [1.82, 2.24) is 14.6 Å². The highest BCUT2D eigenvalue weighted by Crippen LogP contribution is 2.31. The lowest BCUT2D eigenvalue weighted by molar-refractivity contribution is -0.137. The Balaban J connectivity index is 1.40. The van der Waals surface area contributed by atoms with Gasteiger partial charge in [-0.3, -0.25) is 9.59 Å². The van der Waals surface area contributed by atoms with Gasteiger partial charge < -0.3 is 9.13 Å². The fourth-order valence-electron chi connectivity index (χ4n) is 4.74. The Kier molecular flexibility index (Phi) is 6.36. The van der Waals surface area contributed by atoms with Gasteiger partial charge in [0.05, 0.1) is 22.8 Å². The zero-order valence-corrected chi connectivity index (χ0v) is 20.6. The van der Waals surface area contributed by atoms with Crippen LogP contribution in [0, 0.1) is 13.8 Å². The van der Waals surface area contributed by atoms with Gasteiger partial charge in [-0.2, -0.15) is 18.3 Å². The summed E-state index contributed by atoms with van der Waals surface area (Å²) in [5.74, 6) is -0.396. The number of aromatic nitrogens is 2. The van der Waals surface area contributed by atoms with Gasteiger partial charge in [-0.1, -0.05) is 30.3 Å². The highest BCUT2D eigenvalue weighted by molar-refractivity contribution is 5.95. The summed E-state index contributed by atoms with van der Waals surface area (Å²) in [6.45, 7) is 3.49. The molecule has 6 nitrogen and oxygen atoms in total. The van der Waals surface area contributed by atoms with Gasteiger partial charge in [0.2, 0.25) is 0 Å². The number of nitrogens with one attached hydrogen (secondary N) is 1. The number of halogens is 3. The van der Waals surface area contributed by atoms with Crippen molar-refractivity contribution in [1.29, 1.82) is 0 Å². The molecule has 0 bridgehead atoms. The molecule has 0 aliphatic rings. The molecule has 1 N–H and O–H groups in total. The molecule has 0 saturated carbocycles. The number of alkyl halides is 3. The van der Waals surface area contributed by atoms with Crippen LogP contribution in [0.3, 0.4) is 0 Å². The smallest absolute Gasteiger partial charge is 0.331 e. The molecule has 0 aliphatic carbocycles. The van der Waals surface area contributed by atoms with Crippen LogP contribution in [-0.4, -0.2) is 21.3 Å². The first kappa shape index (κ1) is 25.0. The molecular formula is C29H23F3N4O2. The number of hydrogen-bond donors (Lipinski definition) is 1. The van der Waals surface area contributed by atoms with E-state index in [1.807, 2.05) is 12.1 Å². The van der Waals surface area contributed by atoms with Gasteiger partial charge in [0, 0.05) is 33.4 Å². The monoisotopic (exact) mass is 516 g/mol. The second-order valence-electron chi connectivity index (χ2n) is 8.95. The Morgan fingerprint density at radius 1 is 0.921 bits per heavy atom. The Morgan fingerprint density at radius 3 is 2.18 bits per heavy atom. The SMILES string of the molecule is Cc1cc(/C=N/NC(=O)Cn2c3ccccc3c(=O)c3ccccc32)c(C)n1-c1cccc(C(F)(F)F)c1. The van der Waals surface area contributed by atoms with E-state index < -0.39 is 17.6 Å². The zero-order valence-electron chi connectivity index (χ0n) is 20.6. The van der Waals surface area contributed by atoms with Crippen LogP contribution in [0.25, 0.3) is 27.5 Å². The van der Waals surface area contributed by atoms with E-state index >= 15 is 0 Å². The molecule has 192 valence electrons. The molecule has 38 heavy (non-hydrogen) atoms. The lowest BCUT2D eigenvalue weighted by Gasteiger charge is -2.14. The molecule has 9 heteroatoms. The molecule has 0 aliphatic heterocycles. The van der Waals surface area contributed by atoms with Gasteiger partial charge in [0.1, 0.15) is 6.54 Å². The standard InChI is InChI=1S/C29H23F3N4O2/c1-18-14-20(19(2)36(18)22-9-7-8-21(15-22)29(30,31)32)16-33-34-27(37)17-35-25-12-5-3-10-23(25)28(38)24-11-4-6-13-26(24)35/h3-16H,17H2,1-2H3,(H,34,37)/b33-16+. The van der Waals surface area contributed by atoms with Crippen molar-refractivity contribution < 1.29 is 18.0 Å². The van der Waals surface area contributed by atoms with Crippen LogP contribution < -0.4 is 10.9 Å². The molecule has 0 fully saturated rings. The lowest BCUT2D eigenvalue weighted by atomic mass is 10.1. The maximum Gasteiger partial charge on any atom is 0.416 e. The molecule has 0 saturated heterocycles. The summed E-state index contributed by atoms with van der Waals surface area (Å²) in [5.41, 5.74) is 5.41. The Labute approximate surface area is 215 Å². The fourth-order valence-corrected chi connectivity index (χ4v) is 4.74. The van der Waals surface area contributed by atoms with E-state index in [0.717, 1.165) is 17.8 Å². The minimum atomic E-state index is -4.44. The van der Waals surface area contributed by atoms with Crippen molar-refractivity contribution >= 4 is 33.9 Å². The van der Waals surface area contributed by atoms with E-state index in [2.05, 4.69) is 10.5 Å². The molecule has 5 rings (SSSR count). The number of rotatable bonds is 5. The minimum absolute atomic E-state index is 0.0676. The predicted octanol–water partition coefficient (Wildman–Crippen LogP) is 5.73. The molecule has 1 amide bonds. The molecular weight excluding hydrogens is 493 g/mol. The van der Waals surface area contributed by atoms with Gasteiger partial charge in [-0.15, -0.1) is 0 Å². The number of hydrogen-bond acceptors (Lipinski definition) is 3. The molecule has 0 unspecified atom stereocenters. The number of nitrogens with zero attached hydrogens (tertiary/aromatic N) is 3. The number of hydrazone groups is 1. The molecule has 3 aromatic carbocycles. The van der Waals surface area contributed by atoms with E-state index in [9.17, 15) is 22.8 Å². The summed E-state index contributed by atoms with van der Waals surface area (Å²) in [7, 11) is 0. The van der Waals surface area contributed by atoms with Gasteiger partial charge in [-0.25, -0.2) is 5.43 Å². The average Bonchev–Trinajstić information content (AvgIpc) is 3.18. The van der Waals surface area contributed by atoms with E-state index in [-0.39, 0.29) is 12.0 Å². The normalized spacial score (nSPS) is 12.0. The van der Waals surface area contributed by atoms with Crippen molar-refractivity contribution in [3.63, 3.8) is 0 Å². The number of fused-ring (bicyclic) bond motifs is 2. The first-order chi connectivity index (χ1) is 18.1. The molecule has 2 heterocycles. The van der Waals surface area contributed by atoms with Crippen LogP contribution in [-0.2, 0) is 17.5 Å². The Hall–Kier alpha value is -4.66. The predicted molar refractivity (Wildman–Crippen MR) is 142 cm³/mol. The highest BCUT2D eigenvalue weighted by atomic mass is 19.4. The summed E-state index contributed by atoms with van der Waals surface area (Å²) >= 11 is 0. The van der Waals surface area contributed by atoms with Crippen molar-refractivity contribution in [3.8, 4) is 5.69 Å². The average molecular weight is 517 g/mol. The second kappa shape index (κ2) is 9.66. The third kappa shape index (κ3) is 4.58. The van der Waals surface area contributed by atoms with Crippen molar-refractivity contribution in [2.75, 3.05) is 0 Å². The van der Waals surface area contributed by atoms with Gasteiger partial charge in [0.25, 0.3) is 5.91 Å². The highest BCUT2D eigenvalue weighted by Gasteiger charge is 2.30. The number of para-hydroxylation sites is 2. The van der Waals surface area contributed by atoms with Crippen LogP contribution in [0.1, 0.15) is 22.5 Å². The Morgan fingerprint density at radius 2 is 1.55 bits per heavy atom. The Bertz CT molecular complexity index is 1720. The number of carbonyl (C=O) groups excluding carboxylic acids is 1. The zero-order chi connectivity index (χ0) is 27.0. The van der Waals surface area contributed by atoms with Crippen molar-refractivity contribution in [2.45, 2.75) is 26.6 Å². The van der Waals surface area contributed by atoms with E-state index in [4.69, 9.17) is 0 Å². The number of aryl methyl sites for hydroxylation is 1.